The Morgan fingerprint density at radius 3 is 3.29 bits per heavy atom. The van der Waals surface area contributed by atoms with Crippen LogP contribution in [0.3, 0.4) is 0 Å². The molecular weight excluding hydrogens is 180 g/mol. The minimum Gasteiger partial charge on any atom is -0.315 e. The van der Waals surface area contributed by atoms with Gasteiger partial charge in [-0.05, 0) is 12.5 Å². The van der Waals surface area contributed by atoms with Crippen molar-refractivity contribution in [3.8, 4) is 0 Å². The maximum atomic E-state index is 3.96. The zero-order valence-corrected chi connectivity index (χ0v) is 8.40. The number of hydrogen-bond acceptors (Lipinski definition) is 5. The Morgan fingerprint density at radius 2 is 2.50 bits per heavy atom. The number of nitrogens with zero attached hydrogens (tertiary/aromatic N) is 4. The van der Waals surface area contributed by atoms with Crippen molar-refractivity contribution in [2.24, 2.45) is 5.92 Å². The molecule has 1 unspecified atom stereocenters. The van der Waals surface area contributed by atoms with E-state index >= 15 is 0 Å². The molecule has 1 aliphatic rings. The summed E-state index contributed by atoms with van der Waals surface area (Å²) in [5, 5.41) is 17.3. The van der Waals surface area contributed by atoms with Crippen molar-refractivity contribution in [3.63, 3.8) is 0 Å². The average molecular weight is 196 g/mol. The van der Waals surface area contributed by atoms with E-state index in [-0.39, 0.29) is 0 Å². The summed E-state index contributed by atoms with van der Waals surface area (Å²) in [6, 6.07) is 0. The summed E-state index contributed by atoms with van der Waals surface area (Å²) in [7, 11) is 0. The first-order chi connectivity index (χ1) is 6.84. The summed E-state index contributed by atoms with van der Waals surface area (Å²) in [5.74, 6) is 1.46. The van der Waals surface area contributed by atoms with Crippen LogP contribution in [-0.4, -0.2) is 51.7 Å². The molecule has 1 aromatic rings. The first kappa shape index (κ1) is 9.54. The van der Waals surface area contributed by atoms with Crippen LogP contribution in [0.25, 0.3) is 0 Å². The smallest absolute Gasteiger partial charge is 0.188 e. The molecule has 6 nitrogen and oxygen atoms in total. The SMILES string of the molecule is CC1CNCCN(Cc2nn[nH]n2)C1. The molecule has 78 valence electrons. The first-order valence-electron chi connectivity index (χ1n) is 5.00. The third-order valence-corrected chi connectivity index (χ3v) is 2.42. The van der Waals surface area contributed by atoms with E-state index in [2.05, 4.69) is 37.8 Å². The van der Waals surface area contributed by atoms with Crippen molar-refractivity contribution in [1.29, 1.82) is 0 Å². The zero-order chi connectivity index (χ0) is 9.80. The molecule has 1 saturated heterocycles. The van der Waals surface area contributed by atoms with Crippen LogP contribution in [0.4, 0.5) is 0 Å². The number of aromatic amines is 1. The normalized spacial score (nSPS) is 24.8. The molecule has 0 aromatic carbocycles. The lowest BCUT2D eigenvalue weighted by Crippen LogP contribution is -2.29. The van der Waals surface area contributed by atoms with Gasteiger partial charge in [0, 0.05) is 19.6 Å². The van der Waals surface area contributed by atoms with E-state index in [1.165, 1.54) is 0 Å². The zero-order valence-electron chi connectivity index (χ0n) is 8.40. The average Bonchev–Trinajstić information content (AvgIpc) is 2.56. The molecule has 1 fully saturated rings. The van der Waals surface area contributed by atoms with Gasteiger partial charge in [0.15, 0.2) is 5.82 Å². The van der Waals surface area contributed by atoms with Crippen LogP contribution in [0.15, 0.2) is 0 Å². The van der Waals surface area contributed by atoms with E-state index in [0.717, 1.165) is 38.5 Å². The van der Waals surface area contributed by atoms with E-state index in [9.17, 15) is 0 Å². The Kier molecular flexibility index (Phi) is 3.05. The van der Waals surface area contributed by atoms with Gasteiger partial charge in [0.05, 0.1) is 6.54 Å². The lowest BCUT2D eigenvalue weighted by molar-refractivity contribution is 0.251. The monoisotopic (exact) mass is 196 g/mol. The molecule has 1 aliphatic heterocycles. The lowest BCUT2D eigenvalue weighted by atomic mass is 10.2. The van der Waals surface area contributed by atoms with Gasteiger partial charge in [-0.1, -0.05) is 12.1 Å². The van der Waals surface area contributed by atoms with Crippen LogP contribution in [0.2, 0.25) is 0 Å². The van der Waals surface area contributed by atoms with Crippen molar-refractivity contribution < 1.29 is 0 Å². The molecule has 2 N–H and O–H groups in total. The lowest BCUT2D eigenvalue weighted by Gasteiger charge is -2.19. The van der Waals surface area contributed by atoms with Gasteiger partial charge in [0.2, 0.25) is 0 Å². The molecule has 0 saturated carbocycles. The summed E-state index contributed by atoms with van der Waals surface area (Å²) in [6.07, 6.45) is 0. The Balaban J connectivity index is 1.90. The number of nitrogens with one attached hydrogen (secondary N) is 2. The van der Waals surface area contributed by atoms with Crippen molar-refractivity contribution in [2.45, 2.75) is 13.5 Å². The summed E-state index contributed by atoms with van der Waals surface area (Å²) in [6.45, 7) is 7.34. The number of tetrazole rings is 1. The second-order valence-electron chi connectivity index (χ2n) is 3.87. The molecule has 2 heterocycles. The maximum absolute atomic E-state index is 3.96. The van der Waals surface area contributed by atoms with Crippen LogP contribution in [0.1, 0.15) is 12.7 Å². The quantitative estimate of drug-likeness (QED) is 0.650. The number of hydrogen-bond donors (Lipinski definition) is 2. The second-order valence-corrected chi connectivity index (χ2v) is 3.87. The van der Waals surface area contributed by atoms with E-state index < -0.39 is 0 Å². The minimum atomic E-state index is 0.685. The molecule has 6 heteroatoms. The summed E-state index contributed by atoms with van der Waals surface area (Å²) >= 11 is 0. The van der Waals surface area contributed by atoms with Gasteiger partial charge in [0.25, 0.3) is 0 Å². The van der Waals surface area contributed by atoms with E-state index in [1.807, 2.05) is 0 Å². The van der Waals surface area contributed by atoms with Gasteiger partial charge in [0.1, 0.15) is 0 Å². The molecule has 0 amide bonds. The summed E-state index contributed by atoms with van der Waals surface area (Å²) in [5.41, 5.74) is 0. The number of rotatable bonds is 2. The summed E-state index contributed by atoms with van der Waals surface area (Å²) in [4.78, 5) is 2.36. The fraction of sp³-hybridized carbons (Fsp3) is 0.875. The molecule has 2 rings (SSSR count). The first-order valence-corrected chi connectivity index (χ1v) is 5.00. The highest BCUT2D eigenvalue weighted by molar-refractivity contribution is 4.79. The van der Waals surface area contributed by atoms with E-state index in [0.29, 0.717) is 5.92 Å². The minimum absolute atomic E-state index is 0.685. The Bertz CT molecular complexity index is 259. The second kappa shape index (κ2) is 4.47. The Hall–Kier alpha value is -1.01. The standard InChI is InChI=1S/C8H16N6/c1-7-4-9-2-3-14(5-7)6-8-10-12-13-11-8/h7,9H,2-6H2,1H3,(H,10,11,12,13). The van der Waals surface area contributed by atoms with Crippen molar-refractivity contribution in [1.82, 2.24) is 30.8 Å². The third-order valence-electron chi connectivity index (χ3n) is 2.42. The predicted molar refractivity (Wildman–Crippen MR) is 51.5 cm³/mol. The van der Waals surface area contributed by atoms with Gasteiger partial charge in [-0.25, -0.2) is 0 Å². The van der Waals surface area contributed by atoms with Crippen LogP contribution < -0.4 is 5.32 Å². The molecule has 1 aromatic heterocycles. The van der Waals surface area contributed by atoms with Crippen molar-refractivity contribution in [2.75, 3.05) is 26.2 Å². The third kappa shape index (κ3) is 2.49. The Morgan fingerprint density at radius 1 is 1.57 bits per heavy atom. The maximum Gasteiger partial charge on any atom is 0.188 e. The Labute approximate surface area is 83.1 Å². The van der Waals surface area contributed by atoms with Gasteiger partial charge < -0.3 is 5.32 Å². The topological polar surface area (TPSA) is 69.7 Å². The molecule has 0 radical (unpaired) electrons. The van der Waals surface area contributed by atoms with Crippen molar-refractivity contribution >= 4 is 0 Å². The molecule has 1 atom stereocenters. The molecular formula is C8H16N6. The highest BCUT2D eigenvalue weighted by Gasteiger charge is 2.15. The van der Waals surface area contributed by atoms with Crippen LogP contribution >= 0.6 is 0 Å². The van der Waals surface area contributed by atoms with Gasteiger partial charge in [-0.15, -0.1) is 10.2 Å². The van der Waals surface area contributed by atoms with Crippen LogP contribution in [0, 0.1) is 5.92 Å². The van der Waals surface area contributed by atoms with E-state index in [1.54, 1.807) is 0 Å². The van der Waals surface area contributed by atoms with E-state index in [4.69, 9.17) is 0 Å². The van der Waals surface area contributed by atoms with Gasteiger partial charge in [-0.3, -0.25) is 4.90 Å². The predicted octanol–water partition coefficient (Wildman–Crippen LogP) is -0.759. The molecule has 0 spiro atoms. The molecule has 0 bridgehead atoms. The number of H-pyrrole nitrogens is 1. The number of aromatic nitrogens is 4. The highest BCUT2D eigenvalue weighted by atomic mass is 15.5. The fourth-order valence-electron chi connectivity index (χ4n) is 1.78. The van der Waals surface area contributed by atoms with Gasteiger partial charge >= 0.3 is 0 Å². The molecule has 0 aliphatic carbocycles. The fourth-order valence-corrected chi connectivity index (χ4v) is 1.78. The van der Waals surface area contributed by atoms with Crippen LogP contribution in [0.5, 0.6) is 0 Å². The summed E-state index contributed by atoms with van der Waals surface area (Å²) < 4.78 is 0. The van der Waals surface area contributed by atoms with Gasteiger partial charge in [-0.2, -0.15) is 5.21 Å². The molecule has 14 heavy (non-hydrogen) atoms. The highest BCUT2D eigenvalue weighted by Crippen LogP contribution is 2.04. The largest absolute Gasteiger partial charge is 0.315 e. The van der Waals surface area contributed by atoms with Crippen LogP contribution in [-0.2, 0) is 6.54 Å². The van der Waals surface area contributed by atoms with Crippen molar-refractivity contribution in [3.05, 3.63) is 5.82 Å².